The van der Waals surface area contributed by atoms with Crippen molar-refractivity contribution in [2.45, 2.75) is 38.6 Å². The third-order valence-corrected chi connectivity index (χ3v) is 3.96. The predicted octanol–water partition coefficient (Wildman–Crippen LogP) is 3.45. The van der Waals surface area contributed by atoms with Crippen LogP contribution in [0.2, 0.25) is 0 Å². The van der Waals surface area contributed by atoms with E-state index in [1.54, 1.807) is 0 Å². The van der Waals surface area contributed by atoms with E-state index in [2.05, 4.69) is 18.2 Å². The fourth-order valence-corrected chi connectivity index (χ4v) is 3.08. The minimum absolute atomic E-state index is 0.0553. The fourth-order valence-electron chi connectivity index (χ4n) is 1.87. The van der Waals surface area contributed by atoms with E-state index in [4.69, 9.17) is 0 Å². The van der Waals surface area contributed by atoms with Crippen LogP contribution in [0.25, 0.3) is 0 Å². The summed E-state index contributed by atoms with van der Waals surface area (Å²) < 4.78 is 0. The van der Waals surface area contributed by atoms with Crippen LogP contribution in [0.1, 0.15) is 41.1 Å². The predicted molar refractivity (Wildman–Crippen MR) is 55.2 cm³/mol. The van der Waals surface area contributed by atoms with Crippen LogP contribution in [-0.2, 0) is 12.8 Å². The van der Waals surface area contributed by atoms with Crippen LogP contribution in [0.5, 0.6) is 0 Å². The van der Waals surface area contributed by atoms with Crippen LogP contribution in [0.15, 0.2) is 11.2 Å². The van der Waals surface area contributed by atoms with Gasteiger partial charge in [-0.15, -0.1) is 11.3 Å². The van der Waals surface area contributed by atoms with E-state index in [0.29, 0.717) is 0 Å². The molecule has 1 unspecified atom stereocenters. The van der Waals surface area contributed by atoms with Gasteiger partial charge in [-0.1, -0.05) is 12.1 Å². The normalized spacial score (nSPS) is 21.2. The Morgan fingerprint density at radius 3 is 3.23 bits per heavy atom. The fraction of sp³-hybridized carbons (Fsp3) is 0.600. The second-order valence-electron chi connectivity index (χ2n) is 3.46. The first-order chi connectivity index (χ1) is 6.35. The molecule has 1 heterocycles. The Bertz CT molecular complexity index is 319. The first-order valence-corrected chi connectivity index (χ1v) is 5.60. The lowest BCUT2D eigenvalue weighted by atomic mass is 9.94. The summed E-state index contributed by atoms with van der Waals surface area (Å²) in [4.78, 5) is 13.4. The molecule has 70 valence electrons. The third-order valence-electron chi connectivity index (χ3n) is 2.61. The van der Waals surface area contributed by atoms with E-state index in [0.717, 1.165) is 25.7 Å². The molecular formula is C10H13NOS. The molecule has 1 aliphatic carbocycles. The molecule has 1 aromatic heterocycles. The lowest BCUT2D eigenvalue weighted by Gasteiger charge is -2.15. The van der Waals surface area contributed by atoms with Crippen LogP contribution in [0.3, 0.4) is 0 Å². The maximum absolute atomic E-state index is 10.6. The summed E-state index contributed by atoms with van der Waals surface area (Å²) in [6, 6.07) is 2.12. The van der Waals surface area contributed by atoms with Gasteiger partial charge in [-0.05, 0) is 37.3 Å². The van der Waals surface area contributed by atoms with E-state index in [-0.39, 0.29) is 6.04 Å². The highest BCUT2D eigenvalue weighted by Crippen LogP contribution is 2.37. The van der Waals surface area contributed by atoms with Crippen molar-refractivity contribution < 1.29 is 0 Å². The summed E-state index contributed by atoms with van der Waals surface area (Å²) in [5, 5.41) is 3.19. The second kappa shape index (κ2) is 3.58. The molecule has 1 aliphatic rings. The number of rotatable bonds is 2. The smallest absolute Gasteiger partial charge is 0.118 e. The molecule has 3 heteroatoms. The van der Waals surface area contributed by atoms with Crippen molar-refractivity contribution in [2.24, 2.45) is 5.18 Å². The van der Waals surface area contributed by atoms with Crippen molar-refractivity contribution in [3.63, 3.8) is 0 Å². The number of fused-ring (bicyclic) bond motifs is 1. The summed E-state index contributed by atoms with van der Waals surface area (Å²) >= 11 is 1.86. The van der Waals surface area contributed by atoms with Gasteiger partial charge in [0.1, 0.15) is 6.04 Å². The SMILES string of the molecule is CCc1cc2c(s1)CCCC2N=O. The highest BCUT2D eigenvalue weighted by atomic mass is 32.1. The molecule has 0 radical (unpaired) electrons. The number of aryl methyl sites for hydroxylation is 2. The zero-order chi connectivity index (χ0) is 9.26. The minimum atomic E-state index is -0.0553. The molecule has 0 saturated heterocycles. The van der Waals surface area contributed by atoms with Crippen molar-refractivity contribution in [3.8, 4) is 0 Å². The topological polar surface area (TPSA) is 29.4 Å². The van der Waals surface area contributed by atoms with Gasteiger partial charge in [0.05, 0.1) is 0 Å². The van der Waals surface area contributed by atoms with Gasteiger partial charge >= 0.3 is 0 Å². The summed E-state index contributed by atoms with van der Waals surface area (Å²) in [6.07, 6.45) is 4.28. The molecule has 13 heavy (non-hydrogen) atoms. The first kappa shape index (κ1) is 8.88. The highest BCUT2D eigenvalue weighted by Gasteiger charge is 2.22. The molecule has 1 atom stereocenters. The lowest BCUT2D eigenvalue weighted by Crippen LogP contribution is -2.03. The van der Waals surface area contributed by atoms with Crippen molar-refractivity contribution in [1.29, 1.82) is 0 Å². The number of hydrogen-bond acceptors (Lipinski definition) is 3. The van der Waals surface area contributed by atoms with Gasteiger partial charge in [0.15, 0.2) is 0 Å². The molecule has 2 rings (SSSR count). The van der Waals surface area contributed by atoms with Gasteiger partial charge < -0.3 is 0 Å². The number of thiophene rings is 1. The molecule has 2 nitrogen and oxygen atoms in total. The first-order valence-electron chi connectivity index (χ1n) is 4.79. The number of nitrogens with zero attached hydrogens (tertiary/aromatic N) is 1. The van der Waals surface area contributed by atoms with Crippen LogP contribution in [0, 0.1) is 4.91 Å². The van der Waals surface area contributed by atoms with Gasteiger partial charge in [-0.2, -0.15) is 4.91 Å². The summed E-state index contributed by atoms with van der Waals surface area (Å²) in [5.74, 6) is 0. The average molecular weight is 195 g/mol. The van der Waals surface area contributed by atoms with Gasteiger partial charge in [-0.3, -0.25) is 0 Å². The van der Waals surface area contributed by atoms with Crippen LogP contribution < -0.4 is 0 Å². The van der Waals surface area contributed by atoms with Crippen LogP contribution in [-0.4, -0.2) is 0 Å². The van der Waals surface area contributed by atoms with Crippen molar-refractivity contribution >= 4 is 11.3 Å². The van der Waals surface area contributed by atoms with Gasteiger partial charge in [-0.25, -0.2) is 0 Å². The lowest BCUT2D eigenvalue weighted by molar-refractivity contribution is 0.576. The molecule has 1 aromatic rings. The van der Waals surface area contributed by atoms with Crippen LogP contribution in [0.4, 0.5) is 0 Å². The van der Waals surface area contributed by atoms with Crippen molar-refractivity contribution in [3.05, 3.63) is 26.3 Å². The van der Waals surface area contributed by atoms with Gasteiger partial charge in [0.2, 0.25) is 0 Å². The monoisotopic (exact) mass is 195 g/mol. The van der Waals surface area contributed by atoms with Gasteiger partial charge in [0.25, 0.3) is 0 Å². The highest BCUT2D eigenvalue weighted by molar-refractivity contribution is 7.12. The van der Waals surface area contributed by atoms with Crippen molar-refractivity contribution in [1.82, 2.24) is 0 Å². The molecule has 0 saturated carbocycles. The van der Waals surface area contributed by atoms with Gasteiger partial charge in [0, 0.05) is 9.75 Å². The van der Waals surface area contributed by atoms with E-state index in [1.165, 1.54) is 15.3 Å². The molecule has 0 fully saturated rings. The maximum Gasteiger partial charge on any atom is 0.118 e. The number of nitroso groups, excluding NO2 is 1. The summed E-state index contributed by atoms with van der Waals surface area (Å²) in [7, 11) is 0. The maximum atomic E-state index is 10.6. The summed E-state index contributed by atoms with van der Waals surface area (Å²) in [5.41, 5.74) is 1.21. The Morgan fingerprint density at radius 2 is 2.54 bits per heavy atom. The Hall–Kier alpha value is -0.700. The largest absolute Gasteiger partial charge is 0.150 e. The zero-order valence-electron chi connectivity index (χ0n) is 7.75. The molecular weight excluding hydrogens is 182 g/mol. The quantitative estimate of drug-likeness (QED) is 0.664. The standard InChI is InChI=1S/C10H13NOS/c1-2-7-6-8-9(11-12)4-3-5-10(8)13-7/h6,9H,2-5H2,1H3. The zero-order valence-corrected chi connectivity index (χ0v) is 8.56. The molecule has 0 N–H and O–H groups in total. The second-order valence-corrected chi connectivity index (χ2v) is 4.68. The van der Waals surface area contributed by atoms with E-state index < -0.39 is 0 Å². The Kier molecular flexibility index (Phi) is 2.44. The number of hydrogen-bond donors (Lipinski definition) is 0. The summed E-state index contributed by atoms with van der Waals surface area (Å²) in [6.45, 7) is 2.15. The Labute approximate surface area is 82.0 Å². The molecule has 0 aliphatic heterocycles. The van der Waals surface area contributed by atoms with Crippen molar-refractivity contribution in [2.75, 3.05) is 0 Å². The molecule has 0 bridgehead atoms. The minimum Gasteiger partial charge on any atom is -0.150 e. The van der Waals surface area contributed by atoms with E-state index in [9.17, 15) is 4.91 Å². The molecule has 0 aromatic carbocycles. The Balaban J connectivity index is 2.37. The van der Waals surface area contributed by atoms with Crippen LogP contribution >= 0.6 is 11.3 Å². The van der Waals surface area contributed by atoms with E-state index >= 15 is 0 Å². The molecule has 0 amide bonds. The average Bonchev–Trinajstić information content (AvgIpc) is 2.59. The third kappa shape index (κ3) is 1.53. The Morgan fingerprint density at radius 1 is 1.69 bits per heavy atom. The molecule has 0 spiro atoms. The van der Waals surface area contributed by atoms with E-state index in [1.807, 2.05) is 11.3 Å².